The first-order valence-electron chi connectivity index (χ1n) is 7.79. The number of benzene rings is 2. The molecule has 1 heterocycles. The van der Waals surface area contributed by atoms with E-state index in [0.29, 0.717) is 16.9 Å². The van der Waals surface area contributed by atoms with Gasteiger partial charge in [0.1, 0.15) is 11.9 Å². The summed E-state index contributed by atoms with van der Waals surface area (Å²) >= 11 is 0. The summed E-state index contributed by atoms with van der Waals surface area (Å²) in [6, 6.07) is 11.3. The summed E-state index contributed by atoms with van der Waals surface area (Å²) in [5.41, 5.74) is 1.30. The fourth-order valence-electron chi connectivity index (χ4n) is 2.55. The number of para-hydroxylation sites is 1. The van der Waals surface area contributed by atoms with Gasteiger partial charge in [0.15, 0.2) is 0 Å². The molecule has 1 aliphatic rings. The first-order chi connectivity index (χ1) is 12.0. The lowest BCUT2D eigenvalue weighted by Gasteiger charge is -2.14. The number of hydrogen-bond acceptors (Lipinski definition) is 3. The average Bonchev–Trinajstić information content (AvgIpc) is 2.72. The molecular formula is C18H16FN3O3. The number of fused-ring (bicyclic) bond motifs is 1. The Labute approximate surface area is 143 Å². The second-order valence-electron chi connectivity index (χ2n) is 5.65. The molecule has 3 N–H and O–H groups in total. The van der Waals surface area contributed by atoms with Gasteiger partial charge in [0.25, 0.3) is 5.91 Å². The van der Waals surface area contributed by atoms with Crippen LogP contribution in [0.3, 0.4) is 0 Å². The van der Waals surface area contributed by atoms with Crippen LogP contribution in [0.1, 0.15) is 23.2 Å². The Morgan fingerprint density at radius 1 is 1.08 bits per heavy atom. The molecule has 0 fully saturated rings. The molecule has 2 aromatic carbocycles. The Hall–Kier alpha value is -3.22. The first kappa shape index (κ1) is 16.6. The van der Waals surface area contributed by atoms with Crippen molar-refractivity contribution in [2.75, 3.05) is 10.6 Å². The number of halogens is 1. The van der Waals surface area contributed by atoms with Crippen LogP contribution in [0.25, 0.3) is 0 Å². The van der Waals surface area contributed by atoms with E-state index in [4.69, 9.17) is 0 Å². The maximum atomic E-state index is 12.8. The number of hydrogen-bond donors (Lipinski definition) is 3. The van der Waals surface area contributed by atoms with E-state index in [9.17, 15) is 18.8 Å². The van der Waals surface area contributed by atoms with E-state index in [0.717, 1.165) is 0 Å². The van der Waals surface area contributed by atoms with Gasteiger partial charge in [-0.1, -0.05) is 12.1 Å². The van der Waals surface area contributed by atoms with E-state index in [1.165, 1.54) is 24.3 Å². The lowest BCUT2D eigenvalue weighted by molar-refractivity contribution is -0.118. The van der Waals surface area contributed by atoms with Crippen molar-refractivity contribution in [2.24, 2.45) is 0 Å². The molecule has 1 atom stereocenters. The Morgan fingerprint density at radius 2 is 1.80 bits per heavy atom. The van der Waals surface area contributed by atoms with E-state index < -0.39 is 11.9 Å². The smallest absolute Gasteiger partial charge is 0.254 e. The van der Waals surface area contributed by atoms with Gasteiger partial charge in [-0.3, -0.25) is 14.4 Å². The van der Waals surface area contributed by atoms with Gasteiger partial charge >= 0.3 is 0 Å². The summed E-state index contributed by atoms with van der Waals surface area (Å²) in [7, 11) is 0. The van der Waals surface area contributed by atoms with Gasteiger partial charge in [0.2, 0.25) is 11.8 Å². The Morgan fingerprint density at radius 3 is 2.56 bits per heavy atom. The molecule has 0 spiro atoms. The molecule has 128 valence electrons. The number of carbonyl (C=O) groups excluding carboxylic acids is 3. The molecule has 1 aliphatic heterocycles. The van der Waals surface area contributed by atoms with Crippen molar-refractivity contribution in [1.82, 2.24) is 5.32 Å². The van der Waals surface area contributed by atoms with Gasteiger partial charge in [0, 0.05) is 12.1 Å². The molecule has 2 aromatic rings. The molecule has 1 unspecified atom stereocenters. The van der Waals surface area contributed by atoms with Crippen LogP contribution in [0.15, 0.2) is 48.5 Å². The molecule has 7 heteroatoms. The van der Waals surface area contributed by atoms with Gasteiger partial charge in [-0.25, -0.2) is 4.39 Å². The molecule has 6 nitrogen and oxygen atoms in total. The van der Waals surface area contributed by atoms with Gasteiger partial charge in [0.05, 0.1) is 11.3 Å². The number of nitrogens with one attached hydrogen (secondary N) is 3. The summed E-state index contributed by atoms with van der Waals surface area (Å²) in [4.78, 5) is 36.4. The zero-order chi connectivity index (χ0) is 17.8. The van der Waals surface area contributed by atoms with Crippen molar-refractivity contribution >= 4 is 29.1 Å². The molecular weight excluding hydrogens is 325 g/mol. The topological polar surface area (TPSA) is 87.3 Å². The highest BCUT2D eigenvalue weighted by Gasteiger charge is 2.27. The van der Waals surface area contributed by atoms with Crippen LogP contribution in [0, 0.1) is 5.82 Å². The summed E-state index contributed by atoms with van der Waals surface area (Å²) in [6.45, 7) is 0. The Kier molecular flexibility index (Phi) is 4.74. The fraction of sp³-hybridized carbons (Fsp3) is 0.167. The molecule has 0 aromatic heterocycles. The minimum absolute atomic E-state index is 0.0338. The molecule has 0 radical (unpaired) electrons. The van der Waals surface area contributed by atoms with Crippen LogP contribution in [0.5, 0.6) is 0 Å². The lowest BCUT2D eigenvalue weighted by atomic mass is 10.1. The zero-order valence-electron chi connectivity index (χ0n) is 13.2. The highest BCUT2D eigenvalue weighted by atomic mass is 19.1. The minimum Gasteiger partial charge on any atom is -0.340 e. The maximum absolute atomic E-state index is 12.8. The standard InChI is InChI=1S/C18H16FN3O3/c19-11-5-7-12(8-6-11)20-16(23)10-9-15-18(25)21-14-4-2-1-3-13(14)17(24)22-15/h1-8,15H,9-10H2,(H,20,23)(H,21,25)(H,22,24). The van der Waals surface area contributed by atoms with Crippen molar-refractivity contribution in [3.05, 3.63) is 59.9 Å². The first-order valence-corrected chi connectivity index (χ1v) is 7.79. The maximum Gasteiger partial charge on any atom is 0.254 e. The molecule has 3 amide bonds. The Bertz CT molecular complexity index is 821. The van der Waals surface area contributed by atoms with Gasteiger partial charge in [-0.2, -0.15) is 0 Å². The SMILES string of the molecule is O=C(CCC1NC(=O)c2ccccc2NC1=O)Nc1ccc(F)cc1. The molecule has 25 heavy (non-hydrogen) atoms. The van der Waals surface area contributed by atoms with Crippen molar-refractivity contribution in [3.63, 3.8) is 0 Å². The summed E-state index contributed by atoms with van der Waals surface area (Å²) < 4.78 is 12.8. The second-order valence-corrected chi connectivity index (χ2v) is 5.65. The third-order valence-electron chi connectivity index (χ3n) is 3.84. The minimum atomic E-state index is -0.807. The average molecular weight is 341 g/mol. The van der Waals surface area contributed by atoms with Gasteiger partial charge < -0.3 is 16.0 Å². The zero-order valence-corrected chi connectivity index (χ0v) is 13.2. The molecule has 0 saturated carbocycles. The largest absolute Gasteiger partial charge is 0.340 e. The third-order valence-corrected chi connectivity index (χ3v) is 3.84. The monoisotopic (exact) mass is 341 g/mol. The predicted molar refractivity (Wildman–Crippen MR) is 90.6 cm³/mol. The predicted octanol–water partition coefficient (Wildman–Crippen LogP) is 2.30. The van der Waals surface area contributed by atoms with Gasteiger partial charge in [-0.05, 0) is 42.8 Å². The molecule has 0 bridgehead atoms. The van der Waals surface area contributed by atoms with E-state index in [2.05, 4.69) is 16.0 Å². The number of amides is 3. The van der Waals surface area contributed by atoms with Crippen molar-refractivity contribution in [2.45, 2.75) is 18.9 Å². The van der Waals surface area contributed by atoms with E-state index >= 15 is 0 Å². The normalized spacial score (nSPS) is 16.3. The van der Waals surface area contributed by atoms with Crippen LogP contribution < -0.4 is 16.0 Å². The fourth-order valence-corrected chi connectivity index (χ4v) is 2.55. The van der Waals surface area contributed by atoms with E-state index in [1.807, 2.05) is 0 Å². The highest BCUT2D eigenvalue weighted by Crippen LogP contribution is 2.19. The third kappa shape index (κ3) is 4.00. The van der Waals surface area contributed by atoms with Crippen molar-refractivity contribution in [3.8, 4) is 0 Å². The number of anilines is 2. The van der Waals surface area contributed by atoms with Crippen LogP contribution >= 0.6 is 0 Å². The number of rotatable bonds is 4. The highest BCUT2D eigenvalue weighted by molar-refractivity contribution is 6.09. The second kappa shape index (κ2) is 7.12. The molecule has 0 aliphatic carbocycles. The van der Waals surface area contributed by atoms with Crippen molar-refractivity contribution < 1.29 is 18.8 Å². The van der Waals surface area contributed by atoms with Crippen LogP contribution in [-0.4, -0.2) is 23.8 Å². The molecule has 3 rings (SSSR count). The van der Waals surface area contributed by atoms with E-state index in [-0.39, 0.29) is 30.6 Å². The van der Waals surface area contributed by atoms with E-state index in [1.54, 1.807) is 24.3 Å². The van der Waals surface area contributed by atoms with Crippen molar-refractivity contribution in [1.29, 1.82) is 0 Å². The molecule has 0 saturated heterocycles. The summed E-state index contributed by atoms with van der Waals surface area (Å²) in [6.07, 6.45) is 0.185. The Balaban J connectivity index is 1.59. The quantitative estimate of drug-likeness (QED) is 0.797. The summed E-state index contributed by atoms with van der Waals surface area (Å²) in [5.74, 6) is -1.45. The van der Waals surface area contributed by atoms with Crippen LogP contribution in [-0.2, 0) is 9.59 Å². The van der Waals surface area contributed by atoms with Crippen LogP contribution in [0.2, 0.25) is 0 Å². The van der Waals surface area contributed by atoms with Gasteiger partial charge in [-0.15, -0.1) is 0 Å². The summed E-state index contributed by atoms with van der Waals surface area (Å²) in [5, 5.41) is 7.94. The number of carbonyl (C=O) groups is 3. The lowest BCUT2D eigenvalue weighted by Crippen LogP contribution is -2.41. The van der Waals surface area contributed by atoms with Crippen LogP contribution in [0.4, 0.5) is 15.8 Å².